The molecule has 0 aromatic heterocycles. The van der Waals surface area contributed by atoms with Crippen LogP contribution < -0.4 is 24.2 Å². The van der Waals surface area contributed by atoms with Crippen molar-refractivity contribution in [2.75, 3.05) is 32.6 Å². The van der Waals surface area contributed by atoms with Gasteiger partial charge in [0.05, 0.1) is 38.3 Å². The van der Waals surface area contributed by atoms with E-state index in [1.807, 2.05) is 0 Å². The molecule has 0 bridgehead atoms. The van der Waals surface area contributed by atoms with E-state index in [-0.39, 0.29) is 45.6 Å². The summed E-state index contributed by atoms with van der Waals surface area (Å²) in [4.78, 5) is 24.3. The van der Waals surface area contributed by atoms with Gasteiger partial charge in [0.25, 0.3) is 15.9 Å². The monoisotopic (exact) mass is 562 g/mol. The molecule has 1 amide bonds. The molecule has 0 radical (unpaired) electrons. The topological polar surface area (TPSA) is 129 Å². The predicted molar refractivity (Wildman–Crippen MR) is 142 cm³/mol. The van der Waals surface area contributed by atoms with Crippen LogP contribution in [0.4, 0.5) is 5.69 Å². The summed E-state index contributed by atoms with van der Waals surface area (Å²) in [6.45, 7) is 2.15. The van der Waals surface area contributed by atoms with Crippen LogP contribution in [-0.2, 0) is 26.0 Å². The molecule has 0 unspecified atom stereocenters. The molecule has 2 N–H and O–H groups in total. The Morgan fingerprint density at radius 3 is 2.18 bits per heavy atom. The van der Waals surface area contributed by atoms with Gasteiger partial charge in [-0.05, 0) is 67.1 Å². The maximum atomic E-state index is 13.2. The summed E-state index contributed by atoms with van der Waals surface area (Å²) < 4.78 is 50.5. The predicted octanol–water partition coefficient (Wildman–Crippen LogP) is 4.42. The number of anilines is 1. The van der Waals surface area contributed by atoms with Gasteiger partial charge in [-0.25, -0.2) is 8.42 Å². The van der Waals surface area contributed by atoms with Crippen molar-refractivity contribution in [2.45, 2.75) is 18.2 Å². The smallest absolute Gasteiger partial charge is 0.309 e. The molecule has 3 aromatic rings. The molecule has 0 spiro atoms. The van der Waals surface area contributed by atoms with E-state index in [2.05, 4.69) is 10.0 Å². The van der Waals surface area contributed by atoms with E-state index < -0.39 is 21.9 Å². The minimum atomic E-state index is -4.09. The van der Waals surface area contributed by atoms with Gasteiger partial charge in [0.2, 0.25) is 5.75 Å². The number of sulfonamides is 1. The van der Waals surface area contributed by atoms with Gasteiger partial charge in [-0.2, -0.15) is 0 Å². The van der Waals surface area contributed by atoms with Crippen molar-refractivity contribution < 1.29 is 37.0 Å². The Bertz CT molecular complexity index is 1430. The third-order valence-corrected chi connectivity index (χ3v) is 6.88. The first kappa shape index (κ1) is 28.6. The molecule has 0 aliphatic heterocycles. The molecule has 0 saturated carbocycles. The maximum absolute atomic E-state index is 13.2. The maximum Gasteiger partial charge on any atom is 0.309 e. The molecular formula is C26H27ClN2O8S. The summed E-state index contributed by atoms with van der Waals surface area (Å²) in [6.07, 6.45) is -0.0700. The SMILES string of the molecule is CCNC(=O)c1ccc(Oc2cc(CC(=O)OC)cc(OC)c2OC)c(NS(=O)(=O)c2ccc(Cl)cc2)c1. The third-order valence-electron chi connectivity index (χ3n) is 5.25. The fourth-order valence-corrected chi connectivity index (χ4v) is 4.63. The van der Waals surface area contributed by atoms with Crippen molar-refractivity contribution in [1.29, 1.82) is 0 Å². The van der Waals surface area contributed by atoms with Crippen LogP contribution in [0.5, 0.6) is 23.0 Å². The van der Waals surface area contributed by atoms with Crippen molar-refractivity contribution in [3.63, 3.8) is 0 Å². The Morgan fingerprint density at radius 1 is 0.895 bits per heavy atom. The van der Waals surface area contributed by atoms with E-state index in [1.165, 1.54) is 63.8 Å². The molecule has 10 nitrogen and oxygen atoms in total. The molecule has 3 aromatic carbocycles. The highest BCUT2D eigenvalue weighted by molar-refractivity contribution is 7.92. The normalized spacial score (nSPS) is 10.9. The average Bonchev–Trinajstić information content (AvgIpc) is 2.89. The molecular weight excluding hydrogens is 536 g/mol. The zero-order valence-electron chi connectivity index (χ0n) is 21.2. The van der Waals surface area contributed by atoms with Crippen LogP contribution >= 0.6 is 11.6 Å². The number of hydrogen-bond donors (Lipinski definition) is 2. The van der Waals surface area contributed by atoms with Crippen LogP contribution in [-0.4, -0.2) is 48.2 Å². The Kier molecular flexibility index (Phi) is 9.43. The Morgan fingerprint density at radius 2 is 1.58 bits per heavy atom. The fourth-order valence-electron chi connectivity index (χ4n) is 3.44. The lowest BCUT2D eigenvalue weighted by atomic mass is 10.1. The fraction of sp³-hybridized carbons (Fsp3) is 0.231. The number of hydrogen-bond acceptors (Lipinski definition) is 8. The molecule has 3 rings (SSSR count). The highest BCUT2D eigenvalue weighted by atomic mass is 35.5. The second kappa shape index (κ2) is 12.5. The summed E-state index contributed by atoms with van der Waals surface area (Å²) in [6, 6.07) is 13.0. The van der Waals surface area contributed by atoms with Gasteiger partial charge in [0.1, 0.15) is 0 Å². The first-order valence-electron chi connectivity index (χ1n) is 11.3. The standard InChI is InChI=1S/C26H27ClN2O8S/c1-5-28-26(31)17-6-11-21(20(15-17)29-38(32,33)19-9-7-18(27)8-10-19)37-23-13-16(14-24(30)35-3)12-22(34-2)25(23)36-4/h6-13,15,29H,5,14H2,1-4H3,(H,28,31). The zero-order chi connectivity index (χ0) is 27.9. The van der Waals surface area contributed by atoms with E-state index in [4.69, 9.17) is 30.5 Å². The zero-order valence-corrected chi connectivity index (χ0v) is 22.7. The van der Waals surface area contributed by atoms with Crippen LogP contribution in [0.1, 0.15) is 22.8 Å². The number of rotatable bonds is 11. The molecule has 0 heterocycles. The van der Waals surface area contributed by atoms with Crippen LogP contribution in [0.3, 0.4) is 0 Å². The Balaban J connectivity index is 2.10. The van der Waals surface area contributed by atoms with Crippen LogP contribution in [0, 0.1) is 0 Å². The van der Waals surface area contributed by atoms with Crippen molar-refractivity contribution >= 4 is 39.2 Å². The minimum absolute atomic E-state index is 0.0110. The van der Waals surface area contributed by atoms with Crippen molar-refractivity contribution in [3.05, 3.63) is 70.7 Å². The van der Waals surface area contributed by atoms with Gasteiger partial charge in [0, 0.05) is 17.1 Å². The molecule has 0 aliphatic carbocycles. The van der Waals surface area contributed by atoms with Crippen LogP contribution in [0.15, 0.2) is 59.5 Å². The van der Waals surface area contributed by atoms with E-state index in [1.54, 1.807) is 19.1 Å². The Hall–Kier alpha value is -3.96. The minimum Gasteiger partial charge on any atom is -0.493 e. The summed E-state index contributed by atoms with van der Waals surface area (Å²) >= 11 is 5.90. The number of halogens is 1. The van der Waals surface area contributed by atoms with E-state index >= 15 is 0 Å². The van der Waals surface area contributed by atoms with Crippen molar-refractivity contribution in [2.24, 2.45) is 0 Å². The lowest BCUT2D eigenvalue weighted by molar-refractivity contribution is -0.139. The van der Waals surface area contributed by atoms with Crippen LogP contribution in [0.2, 0.25) is 5.02 Å². The molecule has 38 heavy (non-hydrogen) atoms. The molecule has 0 aliphatic rings. The first-order valence-corrected chi connectivity index (χ1v) is 13.2. The van der Waals surface area contributed by atoms with Gasteiger partial charge in [-0.1, -0.05) is 11.6 Å². The molecule has 0 saturated heterocycles. The molecule has 0 atom stereocenters. The number of carbonyl (C=O) groups excluding carboxylic acids is 2. The van der Waals surface area contributed by atoms with Gasteiger partial charge in [0.15, 0.2) is 17.2 Å². The van der Waals surface area contributed by atoms with E-state index in [9.17, 15) is 18.0 Å². The number of benzene rings is 3. The quantitative estimate of drug-likeness (QED) is 0.329. The summed E-state index contributed by atoms with van der Waals surface area (Å²) in [5.41, 5.74) is 0.701. The number of carbonyl (C=O) groups is 2. The first-order chi connectivity index (χ1) is 18.1. The Labute approximate surface area is 225 Å². The number of nitrogens with one attached hydrogen (secondary N) is 2. The summed E-state index contributed by atoms with van der Waals surface area (Å²) in [5, 5.41) is 3.05. The largest absolute Gasteiger partial charge is 0.493 e. The summed E-state index contributed by atoms with van der Waals surface area (Å²) in [5.74, 6) is -0.183. The second-order valence-corrected chi connectivity index (χ2v) is 9.93. The average molecular weight is 563 g/mol. The van der Waals surface area contributed by atoms with Crippen LogP contribution in [0.25, 0.3) is 0 Å². The van der Waals surface area contributed by atoms with E-state index in [0.29, 0.717) is 17.1 Å². The van der Waals surface area contributed by atoms with Gasteiger partial charge >= 0.3 is 5.97 Å². The molecule has 0 fully saturated rings. The molecule has 12 heteroatoms. The lowest BCUT2D eigenvalue weighted by Gasteiger charge is -2.18. The number of amides is 1. The second-order valence-electron chi connectivity index (χ2n) is 7.81. The van der Waals surface area contributed by atoms with Crippen molar-refractivity contribution in [1.82, 2.24) is 5.32 Å². The van der Waals surface area contributed by atoms with Gasteiger partial charge in [-0.3, -0.25) is 14.3 Å². The van der Waals surface area contributed by atoms with Gasteiger partial charge < -0.3 is 24.3 Å². The highest BCUT2D eigenvalue weighted by Gasteiger charge is 2.22. The lowest BCUT2D eigenvalue weighted by Crippen LogP contribution is -2.23. The van der Waals surface area contributed by atoms with Crippen molar-refractivity contribution in [3.8, 4) is 23.0 Å². The van der Waals surface area contributed by atoms with E-state index in [0.717, 1.165) is 0 Å². The highest BCUT2D eigenvalue weighted by Crippen LogP contribution is 2.43. The summed E-state index contributed by atoms with van der Waals surface area (Å²) in [7, 11) is 0.0173. The van der Waals surface area contributed by atoms with Gasteiger partial charge in [-0.15, -0.1) is 0 Å². The number of methoxy groups -OCH3 is 3. The molecule has 202 valence electrons. The number of esters is 1. The number of ether oxygens (including phenoxy) is 4. The third kappa shape index (κ3) is 6.87.